The molecule has 0 saturated heterocycles. The summed E-state index contributed by atoms with van der Waals surface area (Å²) in [5, 5.41) is 1.24. The topological polar surface area (TPSA) is 17.1 Å². The smallest absolute Gasteiger partial charge is 0.143 e. The minimum atomic E-state index is -0.0408. The third-order valence-electron chi connectivity index (χ3n) is 1.99. The summed E-state index contributed by atoms with van der Waals surface area (Å²) in [5.74, 6) is 0.165. The minimum Gasteiger partial charge on any atom is -0.299 e. The molecule has 0 spiro atoms. The maximum Gasteiger partial charge on any atom is 0.143 e. The molecule has 1 atom stereocenters. The third kappa shape index (κ3) is 3.71. The molecule has 0 heterocycles. The van der Waals surface area contributed by atoms with Crippen molar-refractivity contribution in [2.45, 2.75) is 30.4 Å². The molecule has 0 fully saturated rings. The second-order valence-corrected chi connectivity index (χ2v) is 5.29. The molecule has 1 nitrogen and oxygen atoms in total. The summed E-state index contributed by atoms with van der Waals surface area (Å²) in [6, 6.07) is 5.28. The summed E-state index contributed by atoms with van der Waals surface area (Å²) in [5.41, 5.74) is 0. The summed E-state index contributed by atoms with van der Waals surface area (Å²) < 4.78 is 0. The number of carbonyl (C=O) groups excluding carboxylic acids is 1. The molecular formula is C11H12Cl2OS. The Kier molecular flexibility index (Phi) is 4.97. The highest BCUT2D eigenvalue weighted by atomic mass is 35.5. The first-order chi connectivity index (χ1) is 7.04. The Morgan fingerprint density at radius 2 is 2.13 bits per heavy atom. The lowest BCUT2D eigenvalue weighted by atomic mass is 10.2. The van der Waals surface area contributed by atoms with E-state index < -0.39 is 0 Å². The van der Waals surface area contributed by atoms with E-state index in [9.17, 15) is 4.79 Å². The third-order valence-corrected chi connectivity index (χ3v) is 4.20. The van der Waals surface area contributed by atoms with Gasteiger partial charge in [-0.25, -0.2) is 0 Å². The molecule has 1 rings (SSSR count). The molecule has 0 aliphatic heterocycles. The number of benzene rings is 1. The van der Waals surface area contributed by atoms with Crippen molar-refractivity contribution in [3.63, 3.8) is 0 Å². The van der Waals surface area contributed by atoms with Crippen LogP contribution in [0.4, 0.5) is 0 Å². The lowest BCUT2D eigenvalue weighted by Crippen LogP contribution is -2.11. The molecule has 1 aromatic rings. The zero-order valence-electron chi connectivity index (χ0n) is 8.59. The first kappa shape index (κ1) is 12.9. The molecular weight excluding hydrogens is 251 g/mol. The molecule has 4 heteroatoms. The Bertz CT molecular complexity index is 366. The van der Waals surface area contributed by atoms with Crippen molar-refractivity contribution >= 4 is 40.7 Å². The van der Waals surface area contributed by atoms with Crippen molar-refractivity contribution in [3.8, 4) is 0 Å². The van der Waals surface area contributed by atoms with Gasteiger partial charge in [0.15, 0.2) is 0 Å². The molecule has 0 aliphatic carbocycles. The van der Waals surface area contributed by atoms with Crippen LogP contribution in [0.15, 0.2) is 23.1 Å². The molecule has 0 N–H and O–H groups in total. The van der Waals surface area contributed by atoms with E-state index in [2.05, 4.69) is 0 Å². The Hall–Kier alpha value is -0.180. The molecule has 0 radical (unpaired) electrons. The molecule has 0 saturated carbocycles. The lowest BCUT2D eigenvalue weighted by molar-refractivity contribution is -0.116. The molecule has 15 heavy (non-hydrogen) atoms. The zero-order chi connectivity index (χ0) is 11.4. The highest BCUT2D eigenvalue weighted by Crippen LogP contribution is 2.33. The van der Waals surface area contributed by atoms with Crippen LogP contribution < -0.4 is 0 Å². The Labute approximate surface area is 104 Å². The summed E-state index contributed by atoms with van der Waals surface area (Å²) in [6.45, 7) is 3.58. The SMILES string of the molecule is CCC(Sc1cc(Cl)ccc1Cl)C(C)=O. The van der Waals surface area contributed by atoms with Crippen molar-refractivity contribution < 1.29 is 4.79 Å². The van der Waals surface area contributed by atoms with E-state index in [-0.39, 0.29) is 11.0 Å². The molecule has 1 unspecified atom stereocenters. The number of halogens is 2. The van der Waals surface area contributed by atoms with Gasteiger partial charge in [0.2, 0.25) is 0 Å². The zero-order valence-corrected chi connectivity index (χ0v) is 10.9. The Balaban J connectivity index is 2.87. The number of ketones is 1. The van der Waals surface area contributed by atoms with Crippen LogP contribution in [0, 0.1) is 0 Å². The van der Waals surface area contributed by atoms with Gasteiger partial charge >= 0.3 is 0 Å². The van der Waals surface area contributed by atoms with E-state index in [1.165, 1.54) is 11.8 Å². The van der Waals surface area contributed by atoms with Gasteiger partial charge in [-0.1, -0.05) is 30.1 Å². The largest absolute Gasteiger partial charge is 0.299 e. The maximum atomic E-state index is 11.3. The molecule has 1 aromatic carbocycles. The van der Waals surface area contributed by atoms with Gasteiger partial charge in [0.1, 0.15) is 5.78 Å². The second-order valence-electron chi connectivity index (χ2n) is 3.20. The van der Waals surface area contributed by atoms with Crippen LogP contribution in [0.25, 0.3) is 0 Å². The van der Waals surface area contributed by atoms with E-state index in [0.29, 0.717) is 10.0 Å². The van der Waals surface area contributed by atoms with Gasteiger partial charge < -0.3 is 0 Å². The average Bonchev–Trinajstić information content (AvgIpc) is 2.18. The van der Waals surface area contributed by atoms with E-state index in [4.69, 9.17) is 23.2 Å². The quantitative estimate of drug-likeness (QED) is 0.746. The van der Waals surface area contributed by atoms with E-state index in [1.807, 2.05) is 6.92 Å². The van der Waals surface area contributed by atoms with Gasteiger partial charge in [0.05, 0.1) is 10.3 Å². The number of hydrogen-bond acceptors (Lipinski definition) is 2. The van der Waals surface area contributed by atoms with Crippen LogP contribution in [0.3, 0.4) is 0 Å². The van der Waals surface area contributed by atoms with Crippen LogP contribution in [0.1, 0.15) is 20.3 Å². The van der Waals surface area contributed by atoms with Crippen LogP contribution in [-0.4, -0.2) is 11.0 Å². The summed E-state index contributed by atoms with van der Waals surface area (Å²) >= 11 is 13.3. The van der Waals surface area contributed by atoms with Gasteiger partial charge in [0.25, 0.3) is 0 Å². The second kappa shape index (κ2) is 5.78. The standard InChI is InChI=1S/C11H12Cl2OS/c1-3-10(7(2)14)15-11-6-8(12)4-5-9(11)13/h4-6,10H,3H2,1-2H3. The van der Waals surface area contributed by atoms with Crippen LogP contribution in [0.5, 0.6) is 0 Å². The Morgan fingerprint density at radius 3 is 2.67 bits per heavy atom. The first-order valence-corrected chi connectivity index (χ1v) is 6.30. The lowest BCUT2D eigenvalue weighted by Gasteiger charge is -2.11. The van der Waals surface area contributed by atoms with Crippen molar-refractivity contribution in [1.82, 2.24) is 0 Å². The van der Waals surface area contributed by atoms with Gasteiger partial charge in [-0.15, -0.1) is 11.8 Å². The van der Waals surface area contributed by atoms with Gasteiger partial charge in [-0.05, 0) is 31.5 Å². The first-order valence-electron chi connectivity index (χ1n) is 4.66. The highest BCUT2D eigenvalue weighted by Gasteiger charge is 2.15. The summed E-state index contributed by atoms with van der Waals surface area (Å²) in [7, 11) is 0. The van der Waals surface area contributed by atoms with Crippen molar-refractivity contribution in [2.24, 2.45) is 0 Å². The molecule has 0 bridgehead atoms. The number of thioether (sulfide) groups is 1. The van der Waals surface area contributed by atoms with Crippen molar-refractivity contribution in [3.05, 3.63) is 28.2 Å². The Morgan fingerprint density at radius 1 is 1.47 bits per heavy atom. The van der Waals surface area contributed by atoms with E-state index in [0.717, 1.165) is 11.3 Å². The molecule has 82 valence electrons. The van der Waals surface area contributed by atoms with Crippen molar-refractivity contribution in [1.29, 1.82) is 0 Å². The fourth-order valence-corrected chi connectivity index (χ4v) is 2.68. The molecule has 0 amide bonds. The summed E-state index contributed by atoms with van der Waals surface area (Å²) in [4.78, 5) is 12.1. The monoisotopic (exact) mass is 262 g/mol. The van der Waals surface area contributed by atoms with Crippen molar-refractivity contribution in [2.75, 3.05) is 0 Å². The maximum absolute atomic E-state index is 11.3. The van der Waals surface area contributed by atoms with Gasteiger partial charge in [0, 0.05) is 9.92 Å². The normalized spacial score (nSPS) is 12.5. The van der Waals surface area contributed by atoms with Crippen LogP contribution >= 0.6 is 35.0 Å². The predicted molar refractivity (Wildman–Crippen MR) is 67.1 cm³/mol. The van der Waals surface area contributed by atoms with Gasteiger partial charge in [-0.2, -0.15) is 0 Å². The molecule has 0 aliphatic rings. The predicted octanol–water partition coefficient (Wildman–Crippen LogP) is 4.45. The number of Topliss-reactive ketones (excluding diaryl/α,β-unsaturated/α-hetero) is 1. The highest BCUT2D eigenvalue weighted by molar-refractivity contribution is 8.00. The van der Waals surface area contributed by atoms with E-state index >= 15 is 0 Å². The number of rotatable bonds is 4. The minimum absolute atomic E-state index is 0.0408. The fraction of sp³-hybridized carbons (Fsp3) is 0.364. The number of carbonyl (C=O) groups is 1. The van der Waals surface area contributed by atoms with Crippen LogP contribution in [-0.2, 0) is 4.79 Å². The van der Waals surface area contributed by atoms with E-state index in [1.54, 1.807) is 25.1 Å². The summed E-state index contributed by atoms with van der Waals surface area (Å²) in [6.07, 6.45) is 0.794. The molecule has 0 aromatic heterocycles. The van der Waals surface area contributed by atoms with Crippen LogP contribution in [0.2, 0.25) is 10.0 Å². The number of hydrogen-bond donors (Lipinski definition) is 0. The fourth-order valence-electron chi connectivity index (χ4n) is 1.17. The van der Waals surface area contributed by atoms with Gasteiger partial charge in [-0.3, -0.25) is 4.79 Å². The average molecular weight is 263 g/mol.